The quantitative estimate of drug-likeness (QED) is 0.188. The molecule has 78 valence electrons. The second kappa shape index (κ2) is 4.95. The summed E-state index contributed by atoms with van der Waals surface area (Å²) < 4.78 is 4.11. The van der Waals surface area contributed by atoms with Gasteiger partial charge in [0.2, 0.25) is 5.78 Å². The SMILES string of the molecule is CC(=O)C(=O)OC(=O)CN(C)C(=N)N. The Labute approximate surface area is 80.3 Å². The van der Waals surface area contributed by atoms with Crippen LogP contribution in [0.2, 0.25) is 0 Å². The standard InChI is InChI=1S/C7H11N3O4/c1-4(11)6(13)14-5(12)3-10(2)7(8)9/h3H2,1-2H3,(H3,8,9). The minimum atomic E-state index is -1.22. The largest absolute Gasteiger partial charge is 0.386 e. The van der Waals surface area contributed by atoms with Gasteiger partial charge in [-0.1, -0.05) is 0 Å². The number of ether oxygens (including phenoxy) is 1. The summed E-state index contributed by atoms with van der Waals surface area (Å²) in [7, 11) is 1.38. The zero-order valence-electron chi connectivity index (χ0n) is 7.86. The summed E-state index contributed by atoms with van der Waals surface area (Å²) in [5, 5.41) is 6.90. The van der Waals surface area contributed by atoms with Crippen molar-refractivity contribution in [1.29, 1.82) is 5.41 Å². The molecule has 0 heterocycles. The number of rotatable bonds is 3. The zero-order chi connectivity index (χ0) is 11.3. The third-order valence-corrected chi connectivity index (χ3v) is 1.27. The minimum absolute atomic E-state index is 0.336. The third kappa shape index (κ3) is 4.19. The van der Waals surface area contributed by atoms with Gasteiger partial charge in [0, 0.05) is 14.0 Å². The number of esters is 2. The first-order valence-corrected chi connectivity index (χ1v) is 3.65. The van der Waals surface area contributed by atoms with Crippen LogP contribution in [0.1, 0.15) is 6.92 Å². The molecule has 0 aliphatic rings. The van der Waals surface area contributed by atoms with Crippen LogP contribution >= 0.6 is 0 Å². The van der Waals surface area contributed by atoms with E-state index in [9.17, 15) is 14.4 Å². The lowest BCUT2D eigenvalue weighted by Crippen LogP contribution is -2.38. The number of carbonyl (C=O) groups excluding carboxylic acids is 3. The van der Waals surface area contributed by atoms with Gasteiger partial charge in [0.15, 0.2) is 5.96 Å². The highest BCUT2D eigenvalue weighted by molar-refractivity contribution is 6.34. The van der Waals surface area contributed by atoms with Crippen molar-refractivity contribution in [2.75, 3.05) is 13.6 Å². The average molecular weight is 201 g/mol. The van der Waals surface area contributed by atoms with Gasteiger partial charge in [-0.05, 0) is 0 Å². The van der Waals surface area contributed by atoms with E-state index in [0.717, 1.165) is 11.8 Å². The molecule has 0 unspecified atom stereocenters. The number of hydrogen-bond donors (Lipinski definition) is 2. The van der Waals surface area contributed by atoms with Gasteiger partial charge in [0.1, 0.15) is 6.54 Å². The fourth-order valence-electron chi connectivity index (χ4n) is 0.486. The molecule has 0 atom stereocenters. The Balaban J connectivity index is 4.05. The molecule has 0 aliphatic carbocycles. The fourth-order valence-corrected chi connectivity index (χ4v) is 0.486. The van der Waals surface area contributed by atoms with E-state index in [-0.39, 0.29) is 12.5 Å². The summed E-state index contributed by atoms with van der Waals surface area (Å²) in [5.74, 6) is -3.34. The van der Waals surface area contributed by atoms with E-state index in [2.05, 4.69) is 4.74 Å². The van der Waals surface area contributed by atoms with E-state index < -0.39 is 17.7 Å². The Bertz CT molecular complexity index is 287. The van der Waals surface area contributed by atoms with Crippen LogP contribution in [0.25, 0.3) is 0 Å². The van der Waals surface area contributed by atoms with E-state index in [1.807, 2.05) is 0 Å². The second-order valence-electron chi connectivity index (χ2n) is 2.56. The minimum Gasteiger partial charge on any atom is -0.386 e. The number of ketones is 1. The van der Waals surface area contributed by atoms with Crippen LogP contribution < -0.4 is 5.73 Å². The summed E-state index contributed by atoms with van der Waals surface area (Å²) in [6.07, 6.45) is 0. The number of Topliss-reactive ketones (excluding diaryl/α,β-unsaturated/α-hetero) is 1. The molecule has 0 aromatic rings. The van der Waals surface area contributed by atoms with Crippen molar-refractivity contribution in [3.05, 3.63) is 0 Å². The van der Waals surface area contributed by atoms with Crippen molar-refractivity contribution in [2.45, 2.75) is 6.92 Å². The third-order valence-electron chi connectivity index (χ3n) is 1.27. The van der Waals surface area contributed by atoms with Crippen LogP contribution in [0.15, 0.2) is 0 Å². The Morgan fingerprint density at radius 2 is 1.93 bits per heavy atom. The van der Waals surface area contributed by atoms with E-state index in [0.29, 0.717) is 0 Å². The molecule has 0 amide bonds. The van der Waals surface area contributed by atoms with Gasteiger partial charge < -0.3 is 15.4 Å². The lowest BCUT2D eigenvalue weighted by molar-refractivity contribution is -0.163. The lowest BCUT2D eigenvalue weighted by Gasteiger charge is -2.14. The summed E-state index contributed by atoms with van der Waals surface area (Å²) >= 11 is 0. The van der Waals surface area contributed by atoms with Gasteiger partial charge in [-0.3, -0.25) is 10.2 Å². The molecule has 0 spiro atoms. The molecule has 0 rings (SSSR count). The molecular weight excluding hydrogens is 190 g/mol. The van der Waals surface area contributed by atoms with Crippen molar-refractivity contribution in [3.8, 4) is 0 Å². The summed E-state index contributed by atoms with van der Waals surface area (Å²) in [4.78, 5) is 32.9. The van der Waals surface area contributed by atoms with Gasteiger partial charge in [0.25, 0.3) is 0 Å². The predicted octanol–water partition coefficient (Wildman–Crippen LogP) is -1.53. The summed E-state index contributed by atoms with van der Waals surface area (Å²) in [6, 6.07) is 0. The maximum absolute atomic E-state index is 10.9. The van der Waals surface area contributed by atoms with Crippen LogP contribution in [-0.2, 0) is 19.1 Å². The molecule has 0 saturated heterocycles. The molecule has 0 aromatic carbocycles. The molecule has 0 bridgehead atoms. The fraction of sp³-hybridized carbons (Fsp3) is 0.429. The lowest BCUT2D eigenvalue weighted by atomic mass is 10.4. The number of nitrogens with zero attached hydrogens (tertiary/aromatic N) is 1. The molecule has 0 fully saturated rings. The highest BCUT2D eigenvalue weighted by atomic mass is 16.6. The molecule has 7 heteroatoms. The van der Waals surface area contributed by atoms with Gasteiger partial charge in [-0.25, -0.2) is 9.59 Å². The maximum atomic E-state index is 10.9. The monoisotopic (exact) mass is 201 g/mol. The molecular formula is C7H11N3O4. The number of nitrogens with one attached hydrogen (secondary N) is 1. The smallest absolute Gasteiger partial charge is 0.381 e. The summed E-state index contributed by atoms with van der Waals surface area (Å²) in [5.41, 5.74) is 5.02. The normalized spacial score (nSPS) is 9.00. The van der Waals surface area contributed by atoms with Crippen molar-refractivity contribution in [3.63, 3.8) is 0 Å². The molecule has 3 N–H and O–H groups in total. The number of likely N-dealkylation sites (N-methyl/N-ethyl adjacent to an activating group) is 1. The van der Waals surface area contributed by atoms with Gasteiger partial charge >= 0.3 is 11.9 Å². The number of guanidine groups is 1. The first-order chi connectivity index (χ1) is 6.34. The average Bonchev–Trinajstić information content (AvgIpc) is 2.03. The van der Waals surface area contributed by atoms with Crippen LogP contribution in [0.3, 0.4) is 0 Å². The first kappa shape index (κ1) is 12.1. The van der Waals surface area contributed by atoms with Gasteiger partial charge in [-0.15, -0.1) is 0 Å². The van der Waals surface area contributed by atoms with Crippen molar-refractivity contribution < 1.29 is 19.1 Å². The molecule has 14 heavy (non-hydrogen) atoms. The Kier molecular flexibility index (Phi) is 4.27. The molecule has 0 saturated carbocycles. The van der Waals surface area contributed by atoms with E-state index in [1.54, 1.807) is 0 Å². The molecule has 0 aliphatic heterocycles. The Morgan fingerprint density at radius 3 is 2.29 bits per heavy atom. The Morgan fingerprint density at radius 1 is 1.43 bits per heavy atom. The van der Waals surface area contributed by atoms with Crippen molar-refractivity contribution in [2.24, 2.45) is 5.73 Å². The molecule has 0 aromatic heterocycles. The van der Waals surface area contributed by atoms with Crippen LogP contribution in [0.4, 0.5) is 0 Å². The van der Waals surface area contributed by atoms with Crippen LogP contribution in [0, 0.1) is 5.41 Å². The van der Waals surface area contributed by atoms with Crippen molar-refractivity contribution in [1.82, 2.24) is 4.90 Å². The highest BCUT2D eigenvalue weighted by Gasteiger charge is 2.16. The van der Waals surface area contributed by atoms with Gasteiger partial charge in [0.05, 0.1) is 0 Å². The van der Waals surface area contributed by atoms with E-state index in [1.165, 1.54) is 7.05 Å². The van der Waals surface area contributed by atoms with Crippen LogP contribution in [-0.4, -0.2) is 42.2 Å². The number of nitrogens with two attached hydrogens (primary N) is 1. The Hall–Kier alpha value is -1.92. The number of hydrogen-bond acceptors (Lipinski definition) is 5. The van der Waals surface area contributed by atoms with Gasteiger partial charge in [-0.2, -0.15) is 0 Å². The zero-order valence-corrected chi connectivity index (χ0v) is 7.86. The first-order valence-electron chi connectivity index (χ1n) is 3.65. The van der Waals surface area contributed by atoms with E-state index in [4.69, 9.17) is 11.1 Å². The molecule has 0 radical (unpaired) electrons. The highest BCUT2D eigenvalue weighted by Crippen LogP contribution is 1.87. The van der Waals surface area contributed by atoms with Crippen molar-refractivity contribution >= 4 is 23.7 Å². The summed E-state index contributed by atoms with van der Waals surface area (Å²) in [6.45, 7) is 0.638. The second-order valence-corrected chi connectivity index (χ2v) is 2.56. The predicted molar refractivity (Wildman–Crippen MR) is 46.3 cm³/mol. The van der Waals surface area contributed by atoms with Crippen LogP contribution in [0.5, 0.6) is 0 Å². The maximum Gasteiger partial charge on any atom is 0.381 e. The van der Waals surface area contributed by atoms with E-state index >= 15 is 0 Å². The number of carbonyl (C=O) groups is 3. The topological polar surface area (TPSA) is 114 Å². The molecule has 7 nitrogen and oxygen atoms in total.